The van der Waals surface area contributed by atoms with Gasteiger partial charge in [0.1, 0.15) is 0 Å². The first-order valence-electron chi connectivity index (χ1n) is 4.92. The molecule has 0 aliphatic heterocycles. The quantitative estimate of drug-likeness (QED) is 0.638. The van der Waals surface area contributed by atoms with Crippen LogP contribution in [-0.4, -0.2) is 0 Å². The maximum absolute atomic E-state index is 12.7. The number of benzene rings is 2. The molecule has 18 heavy (non-hydrogen) atoms. The zero-order valence-corrected chi connectivity index (χ0v) is 11.2. The van der Waals surface area contributed by atoms with E-state index in [4.69, 9.17) is 11.6 Å². The van der Waals surface area contributed by atoms with Crippen molar-refractivity contribution in [2.24, 2.45) is 0 Å². The summed E-state index contributed by atoms with van der Waals surface area (Å²) in [5, 5.41) is -0.304. The van der Waals surface area contributed by atoms with Crippen LogP contribution in [0.25, 0.3) is 11.1 Å². The molecule has 5 heteroatoms. The summed E-state index contributed by atoms with van der Waals surface area (Å²) in [4.78, 5) is 0. The van der Waals surface area contributed by atoms with Crippen LogP contribution in [0.15, 0.2) is 40.9 Å². The van der Waals surface area contributed by atoms with E-state index in [9.17, 15) is 13.2 Å². The van der Waals surface area contributed by atoms with Crippen molar-refractivity contribution < 1.29 is 13.2 Å². The Balaban J connectivity index is 2.54. The Morgan fingerprint density at radius 2 is 1.83 bits per heavy atom. The summed E-state index contributed by atoms with van der Waals surface area (Å²) >= 11 is 8.82. The SMILES string of the molecule is FC(F)(F)c1cc(-c2[c]ccc(Br)c2)ccc1Cl. The summed E-state index contributed by atoms with van der Waals surface area (Å²) in [5.74, 6) is 0. The average molecular weight is 335 g/mol. The van der Waals surface area contributed by atoms with Crippen LogP contribution in [0.2, 0.25) is 5.02 Å². The minimum Gasteiger partial charge on any atom is -0.166 e. The van der Waals surface area contributed by atoms with E-state index in [2.05, 4.69) is 22.0 Å². The first-order valence-corrected chi connectivity index (χ1v) is 6.09. The normalized spacial score (nSPS) is 11.6. The van der Waals surface area contributed by atoms with E-state index in [1.807, 2.05) is 0 Å². The molecule has 0 bridgehead atoms. The maximum Gasteiger partial charge on any atom is 0.417 e. The van der Waals surface area contributed by atoms with E-state index in [1.54, 1.807) is 18.2 Å². The zero-order valence-electron chi connectivity index (χ0n) is 8.85. The molecule has 0 spiro atoms. The number of hydrogen-bond donors (Lipinski definition) is 0. The van der Waals surface area contributed by atoms with Crippen molar-refractivity contribution in [3.63, 3.8) is 0 Å². The summed E-state index contributed by atoms with van der Waals surface area (Å²) in [6.45, 7) is 0. The van der Waals surface area contributed by atoms with E-state index in [0.717, 1.165) is 10.5 Å². The van der Waals surface area contributed by atoms with Gasteiger partial charge in [-0.3, -0.25) is 0 Å². The first-order chi connectivity index (χ1) is 8.38. The van der Waals surface area contributed by atoms with Crippen LogP contribution in [-0.2, 0) is 6.18 Å². The molecule has 2 aromatic rings. The van der Waals surface area contributed by atoms with Crippen LogP contribution >= 0.6 is 27.5 Å². The molecule has 0 aromatic heterocycles. The number of halogens is 5. The van der Waals surface area contributed by atoms with Gasteiger partial charge in [-0.2, -0.15) is 13.2 Å². The summed E-state index contributed by atoms with van der Waals surface area (Å²) < 4.78 is 38.9. The fraction of sp³-hybridized carbons (Fsp3) is 0.0769. The van der Waals surface area contributed by atoms with E-state index in [1.165, 1.54) is 12.1 Å². The Morgan fingerprint density at radius 3 is 2.44 bits per heavy atom. The lowest BCUT2D eigenvalue weighted by molar-refractivity contribution is -0.137. The van der Waals surface area contributed by atoms with E-state index in [-0.39, 0.29) is 5.02 Å². The molecule has 0 aliphatic rings. The molecular formula is C13H6BrClF3. The van der Waals surface area contributed by atoms with Gasteiger partial charge in [-0.25, -0.2) is 0 Å². The topological polar surface area (TPSA) is 0 Å². The predicted molar refractivity (Wildman–Crippen MR) is 68.4 cm³/mol. The highest BCUT2D eigenvalue weighted by Gasteiger charge is 2.33. The van der Waals surface area contributed by atoms with Crippen molar-refractivity contribution in [1.29, 1.82) is 0 Å². The van der Waals surface area contributed by atoms with E-state index < -0.39 is 11.7 Å². The van der Waals surface area contributed by atoms with Gasteiger partial charge in [0.05, 0.1) is 10.6 Å². The summed E-state index contributed by atoms with van der Waals surface area (Å²) in [6.07, 6.45) is -4.46. The molecular weight excluding hydrogens is 328 g/mol. The smallest absolute Gasteiger partial charge is 0.166 e. The lowest BCUT2D eigenvalue weighted by Gasteiger charge is -2.11. The highest BCUT2D eigenvalue weighted by molar-refractivity contribution is 9.10. The van der Waals surface area contributed by atoms with Crippen LogP contribution in [0.1, 0.15) is 5.56 Å². The van der Waals surface area contributed by atoms with Crippen molar-refractivity contribution in [3.05, 3.63) is 57.5 Å². The van der Waals surface area contributed by atoms with E-state index >= 15 is 0 Å². The third-order valence-electron chi connectivity index (χ3n) is 2.35. The Bertz CT molecular complexity index is 579. The second-order valence-corrected chi connectivity index (χ2v) is 4.94. The molecule has 1 radical (unpaired) electrons. The van der Waals surface area contributed by atoms with Crippen LogP contribution < -0.4 is 0 Å². The van der Waals surface area contributed by atoms with Gasteiger partial charge in [-0.1, -0.05) is 39.7 Å². The van der Waals surface area contributed by atoms with Crippen molar-refractivity contribution in [2.75, 3.05) is 0 Å². The Morgan fingerprint density at radius 1 is 1.11 bits per heavy atom. The van der Waals surface area contributed by atoms with Gasteiger partial charge in [-0.15, -0.1) is 0 Å². The minimum absolute atomic E-state index is 0.304. The Hall–Kier alpha value is -1.00. The van der Waals surface area contributed by atoms with Crippen LogP contribution in [0.4, 0.5) is 13.2 Å². The van der Waals surface area contributed by atoms with Gasteiger partial charge in [0.15, 0.2) is 0 Å². The first kappa shape index (κ1) is 13.4. The van der Waals surface area contributed by atoms with Crippen molar-refractivity contribution >= 4 is 27.5 Å². The Labute approximate surface area is 116 Å². The lowest BCUT2D eigenvalue weighted by Crippen LogP contribution is -2.05. The molecule has 0 saturated heterocycles. The van der Waals surface area contributed by atoms with E-state index in [0.29, 0.717) is 11.1 Å². The van der Waals surface area contributed by atoms with Crippen LogP contribution in [0.5, 0.6) is 0 Å². The molecule has 0 nitrogen and oxygen atoms in total. The van der Waals surface area contributed by atoms with Gasteiger partial charge < -0.3 is 0 Å². The molecule has 2 aromatic carbocycles. The molecule has 0 unspecified atom stereocenters. The molecule has 0 aliphatic carbocycles. The minimum atomic E-state index is -4.46. The lowest BCUT2D eigenvalue weighted by atomic mass is 10.0. The monoisotopic (exact) mass is 333 g/mol. The van der Waals surface area contributed by atoms with Crippen molar-refractivity contribution in [1.82, 2.24) is 0 Å². The molecule has 0 atom stereocenters. The molecule has 2 rings (SSSR count). The molecule has 0 fully saturated rings. The van der Waals surface area contributed by atoms with Crippen molar-refractivity contribution in [2.45, 2.75) is 6.18 Å². The fourth-order valence-corrected chi connectivity index (χ4v) is 2.10. The summed E-state index contributed by atoms with van der Waals surface area (Å²) in [6, 6.07) is 11.8. The third kappa shape index (κ3) is 2.87. The second-order valence-electron chi connectivity index (χ2n) is 3.61. The highest BCUT2D eigenvalue weighted by Crippen LogP contribution is 2.37. The molecule has 0 heterocycles. The predicted octanol–water partition coefficient (Wildman–Crippen LogP) is 5.59. The standard InChI is InChI=1S/C13H6BrClF3/c14-10-3-1-2-8(6-10)9-4-5-12(15)11(7-9)13(16,17)18/h1,3-7H. The average Bonchev–Trinajstić information content (AvgIpc) is 2.28. The van der Waals surface area contributed by atoms with Gasteiger partial charge in [0.25, 0.3) is 0 Å². The van der Waals surface area contributed by atoms with Gasteiger partial charge >= 0.3 is 6.18 Å². The molecule has 0 saturated carbocycles. The van der Waals surface area contributed by atoms with Crippen LogP contribution in [0, 0.1) is 6.07 Å². The summed E-state index contributed by atoms with van der Waals surface area (Å²) in [5.41, 5.74) is 0.162. The van der Waals surface area contributed by atoms with Gasteiger partial charge in [0.2, 0.25) is 0 Å². The maximum atomic E-state index is 12.7. The molecule has 0 amide bonds. The van der Waals surface area contributed by atoms with Gasteiger partial charge in [0, 0.05) is 4.47 Å². The fourth-order valence-electron chi connectivity index (χ4n) is 1.52. The number of hydrogen-bond acceptors (Lipinski definition) is 0. The summed E-state index contributed by atoms with van der Waals surface area (Å²) in [7, 11) is 0. The van der Waals surface area contributed by atoms with Gasteiger partial charge in [-0.05, 0) is 41.5 Å². The number of rotatable bonds is 1. The van der Waals surface area contributed by atoms with Crippen molar-refractivity contribution in [3.8, 4) is 11.1 Å². The molecule has 93 valence electrons. The van der Waals surface area contributed by atoms with Crippen LogP contribution in [0.3, 0.4) is 0 Å². The largest absolute Gasteiger partial charge is 0.417 e. The third-order valence-corrected chi connectivity index (χ3v) is 3.17. The molecule has 0 N–H and O–H groups in total. The Kier molecular flexibility index (Phi) is 3.69. The second kappa shape index (κ2) is 4.94. The zero-order chi connectivity index (χ0) is 13.3. The number of alkyl halides is 3. The highest BCUT2D eigenvalue weighted by atomic mass is 79.9.